The lowest BCUT2D eigenvalue weighted by Gasteiger charge is -2.05. The van der Waals surface area contributed by atoms with Crippen molar-refractivity contribution in [3.63, 3.8) is 0 Å². The summed E-state index contributed by atoms with van der Waals surface area (Å²) in [5.41, 5.74) is 1.21. The molecule has 2 heterocycles. The molecule has 3 aromatic rings. The van der Waals surface area contributed by atoms with E-state index in [1.165, 1.54) is 6.26 Å². The first kappa shape index (κ1) is 16.7. The quantitative estimate of drug-likeness (QED) is 0.554. The Morgan fingerprint density at radius 1 is 1.29 bits per heavy atom. The van der Waals surface area contributed by atoms with Crippen molar-refractivity contribution in [3.05, 3.63) is 47.1 Å². The van der Waals surface area contributed by atoms with Gasteiger partial charge in [0.1, 0.15) is 6.26 Å². The van der Waals surface area contributed by atoms with Crippen LogP contribution in [0, 0.1) is 0 Å². The van der Waals surface area contributed by atoms with E-state index in [4.69, 9.17) is 21.9 Å². The molecule has 0 unspecified atom stereocenters. The molecule has 24 heavy (non-hydrogen) atoms. The second-order valence-electron chi connectivity index (χ2n) is 4.62. The van der Waals surface area contributed by atoms with Crippen molar-refractivity contribution in [2.75, 3.05) is 5.84 Å². The number of nitrogens with two attached hydrogens (primary N) is 1. The molecule has 0 aliphatic carbocycles. The normalized spacial score (nSPS) is 11.8. The van der Waals surface area contributed by atoms with Crippen LogP contribution < -0.4 is 5.84 Å². The van der Waals surface area contributed by atoms with Crippen LogP contribution in [0.2, 0.25) is 5.02 Å². The minimum absolute atomic E-state index is 0.0744. The van der Waals surface area contributed by atoms with Crippen molar-refractivity contribution in [1.82, 2.24) is 19.9 Å². The summed E-state index contributed by atoms with van der Waals surface area (Å²) in [6, 6.07) is 6.94. The van der Waals surface area contributed by atoms with Gasteiger partial charge in [0.15, 0.2) is 0 Å². The minimum atomic E-state index is -4.66. The average molecular weight is 376 g/mol. The first-order chi connectivity index (χ1) is 11.3. The molecule has 0 atom stereocenters. The Bertz CT molecular complexity index is 863. The second-order valence-corrected chi connectivity index (χ2v) is 6.00. The summed E-state index contributed by atoms with van der Waals surface area (Å²) < 4.78 is 43.5. The van der Waals surface area contributed by atoms with Gasteiger partial charge in [0.05, 0.1) is 5.69 Å². The molecule has 0 spiro atoms. The van der Waals surface area contributed by atoms with Crippen LogP contribution in [-0.2, 0) is 11.9 Å². The van der Waals surface area contributed by atoms with Gasteiger partial charge in [-0.1, -0.05) is 29.4 Å². The Morgan fingerprint density at radius 3 is 2.75 bits per heavy atom. The SMILES string of the molecule is Nn1c(SCc2coc(-c3cccc(Cl)c3)n2)nnc1C(F)(F)F. The number of rotatable bonds is 4. The van der Waals surface area contributed by atoms with Crippen LogP contribution in [0.15, 0.2) is 40.1 Å². The summed E-state index contributed by atoms with van der Waals surface area (Å²) in [7, 11) is 0. The van der Waals surface area contributed by atoms with Crippen molar-refractivity contribution >= 4 is 23.4 Å². The highest BCUT2D eigenvalue weighted by Crippen LogP contribution is 2.30. The van der Waals surface area contributed by atoms with Crippen LogP contribution in [-0.4, -0.2) is 19.9 Å². The molecular formula is C13H9ClF3N5OS. The molecule has 0 amide bonds. The topological polar surface area (TPSA) is 82.8 Å². The summed E-state index contributed by atoms with van der Waals surface area (Å²) in [6.45, 7) is 0. The molecule has 2 aromatic heterocycles. The summed E-state index contributed by atoms with van der Waals surface area (Å²) in [6.07, 6.45) is -3.25. The fraction of sp³-hybridized carbons (Fsp3) is 0.154. The highest BCUT2D eigenvalue weighted by atomic mass is 35.5. The number of halogens is 4. The van der Waals surface area contributed by atoms with E-state index >= 15 is 0 Å². The Kier molecular flexibility index (Phi) is 4.41. The number of aromatic nitrogens is 4. The molecule has 0 saturated carbocycles. The molecule has 1 aromatic carbocycles. The number of hydrogen-bond donors (Lipinski definition) is 1. The minimum Gasteiger partial charge on any atom is -0.444 e. The summed E-state index contributed by atoms with van der Waals surface area (Å²) >= 11 is 6.87. The van der Waals surface area contributed by atoms with E-state index in [1.807, 2.05) is 0 Å². The summed E-state index contributed by atoms with van der Waals surface area (Å²) in [5, 5.41) is 6.94. The number of nitrogen functional groups attached to an aromatic ring is 1. The molecule has 0 saturated heterocycles. The zero-order chi connectivity index (χ0) is 17.3. The smallest absolute Gasteiger partial charge is 0.444 e. The van der Waals surface area contributed by atoms with E-state index in [9.17, 15) is 13.2 Å². The molecule has 0 fully saturated rings. The molecular weight excluding hydrogens is 367 g/mol. The van der Waals surface area contributed by atoms with Gasteiger partial charge in [-0.2, -0.15) is 13.2 Å². The lowest BCUT2D eigenvalue weighted by molar-refractivity contribution is -0.146. The average Bonchev–Trinajstić information content (AvgIpc) is 3.11. The van der Waals surface area contributed by atoms with Crippen LogP contribution in [0.3, 0.4) is 0 Å². The Morgan fingerprint density at radius 2 is 2.08 bits per heavy atom. The van der Waals surface area contributed by atoms with Gasteiger partial charge in [0.25, 0.3) is 5.82 Å². The Labute approximate surface area is 142 Å². The zero-order valence-electron chi connectivity index (χ0n) is 11.8. The molecule has 126 valence electrons. The number of thioether (sulfide) groups is 1. The van der Waals surface area contributed by atoms with Crippen LogP contribution >= 0.6 is 23.4 Å². The predicted octanol–water partition coefficient (Wildman–Crippen LogP) is 3.61. The third-order valence-corrected chi connectivity index (χ3v) is 4.10. The number of benzene rings is 1. The van der Waals surface area contributed by atoms with Crippen molar-refractivity contribution in [2.45, 2.75) is 17.1 Å². The number of alkyl halides is 3. The second kappa shape index (κ2) is 6.36. The lowest BCUT2D eigenvalue weighted by atomic mass is 10.2. The maximum Gasteiger partial charge on any atom is 0.453 e. The van der Waals surface area contributed by atoms with Crippen molar-refractivity contribution in [2.24, 2.45) is 0 Å². The number of hydrogen-bond acceptors (Lipinski definition) is 6. The maximum absolute atomic E-state index is 12.6. The number of oxazole rings is 1. The molecule has 0 radical (unpaired) electrons. The maximum atomic E-state index is 12.6. The van der Waals surface area contributed by atoms with Crippen LogP contribution in [0.4, 0.5) is 13.2 Å². The van der Waals surface area contributed by atoms with Crippen molar-refractivity contribution < 1.29 is 17.6 Å². The molecule has 0 bridgehead atoms. The first-order valence-corrected chi connectivity index (χ1v) is 7.82. The van der Waals surface area contributed by atoms with Gasteiger partial charge in [-0.3, -0.25) is 0 Å². The van der Waals surface area contributed by atoms with Crippen LogP contribution in [0.25, 0.3) is 11.5 Å². The van der Waals surface area contributed by atoms with Crippen LogP contribution in [0.1, 0.15) is 11.5 Å². The van der Waals surface area contributed by atoms with Gasteiger partial charge < -0.3 is 10.3 Å². The Balaban J connectivity index is 1.71. The van der Waals surface area contributed by atoms with Crippen molar-refractivity contribution in [1.29, 1.82) is 0 Å². The van der Waals surface area contributed by atoms with E-state index in [2.05, 4.69) is 15.2 Å². The fourth-order valence-corrected chi connectivity index (χ4v) is 2.76. The zero-order valence-corrected chi connectivity index (χ0v) is 13.4. The molecule has 0 aliphatic heterocycles. The highest BCUT2D eigenvalue weighted by Gasteiger charge is 2.38. The van der Waals surface area contributed by atoms with Gasteiger partial charge >= 0.3 is 6.18 Å². The van der Waals surface area contributed by atoms with E-state index in [1.54, 1.807) is 24.3 Å². The monoisotopic (exact) mass is 375 g/mol. The molecule has 3 rings (SSSR count). The first-order valence-electron chi connectivity index (χ1n) is 6.45. The van der Waals surface area contributed by atoms with Gasteiger partial charge in [-0.25, -0.2) is 9.66 Å². The van der Waals surface area contributed by atoms with E-state index in [-0.39, 0.29) is 10.9 Å². The van der Waals surface area contributed by atoms with E-state index in [0.717, 1.165) is 11.8 Å². The molecule has 2 N–H and O–H groups in total. The van der Waals surface area contributed by atoms with E-state index in [0.29, 0.717) is 26.8 Å². The van der Waals surface area contributed by atoms with Crippen LogP contribution in [0.5, 0.6) is 0 Å². The van der Waals surface area contributed by atoms with Gasteiger partial charge in [-0.15, -0.1) is 10.2 Å². The Hall–Kier alpha value is -2.20. The van der Waals surface area contributed by atoms with Gasteiger partial charge in [0.2, 0.25) is 11.0 Å². The van der Waals surface area contributed by atoms with E-state index < -0.39 is 12.0 Å². The predicted molar refractivity (Wildman–Crippen MR) is 81.7 cm³/mol. The molecule has 0 aliphatic rings. The number of nitrogens with zero attached hydrogens (tertiary/aromatic N) is 4. The fourth-order valence-electron chi connectivity index (χ4n) is 1.83. The summed E-state index contributed by atoms with van der Waals surface area (Å²) in [4.78, 5) is 4.26. The largest absolute Gasteiger partial charge is 0.453 e. The lowest BCUT2D eigenvalue weighted by Crippen LogP contribution is -2.21. The van der Waals surface area contributed by atoms with Crippen molar-refractivity contribution in [3.8, 4) is 11.5 Å². The standard InChI is InChI=1S/C13H9ClF3N5OS/c14-8-3-1-2-7(4-8)10-19-9(5-23-10)6-24-12-21-20-11(22(12)18)13(15,16)17/h1-5H,6,18H2. The van der Waals surface area contributed by atoms with Gasteiger partial charge in [0, 0.05) is 16.3 Å². The third-order valence-electron chi connectivity index (χ3n) is 2.89. The van der Waals surface area contributed by atoms with Gasteiger partial charge in [-0.05, 0) is 18.2 Å². The molecule has 11 heteroatoms. The summed E-state index contributed by atoms with van der Waals surface area (Å²) in [5.74, 6) is 4.68. The third kappa shape index (κ3) is 3.49. The highest BCUT2D eigenvalue weighted by molar-refractivity contribution is 7.98. The molecule has 6 nitrogen and oxygen atoms in total.